The fourth-order valence-electron chi connectivity index (χ4n) is 1.79. The van der Waals surface area contributed by atoms with Gasteiger partial charge in [-0.15, -0.1) is 11.3 Å². The zero-order valence-corrected chi connectivity index (χ0v) is 13.5. The Kier molecular flexibility index (Phi) is 5.67. The lowest BCUT2D eigenvalue weighted by Gasteiger charge is -2.22. The summed E-state index contributed by atoms with van der Waals surface area (Å²) in [5.41, 5.74) is 6.49. The predicted octanol–water partition coefficient (Wildman–Crippen LogP) is 3.12. The Balaban J connectivity index is 2.14. The summed E-state index contributed by atoms with van der Waals surface area (Å²) in [7, 11) is 0. The van der Waals surface area contributed by atoms with Crippen molar-refractivity contribution >= 4 is 46.1 Å². The highest BCUT2D eigenvalue weighted by Gasteiger charge is 2.18. The first-order valence-corrected chi connectivity index (χ1v) is 7.88. The average Bonchev–Trinajstić information content (AvgIpc) is 2.90. The lowest BCUT2D eigenvalue weighted by atomic mass is 10.2. The summed E-state index contributed by atoms with van der Waals surface area (Å²) in [6, 6.07) is 7.21. The first-order chi connectivity index (χ1) is 10.1. The molecule has 2 aromatic rings. The second kappa shape index (κ2) is 7.49. The van der Waals surface area contributed by atoms with Crippen molar-refractivity contribution in [3.63, 3.8) is 0 Å². The summed E-state index contributed by atoms with van der Waals surface area (Å²) < 4.78 is 0.592. The largest absolute Gasteiger partial charge is 0.393 e. The quantitative estimate of drug-likeness (QED) is 0.821. The van der Waals surface area contributed by atoms with Crippen LogP contribution >= 0.6 is 35.2 Å². The van der Waals surface area contributed by atoms with Gasteiger partial charge in [0.15, 0.2) is 0 Å². The minimum absolute atomic E-state index is 0.0768. The number of carbonyl (C=O) groups excluding carboxylic acids is 1. The topological polar surface area (TPSA) is 59.2 Å². The Morgan fingerprint density at radius 2 is 2.24 bits per heavy atom. The monoisotopic (exact) mass is 339 g/mol. The van der Waals surface area contributed by atoms with Gasteiger partial charge in [0, 0.05) is 31.9 Å². The van der Waals surface area contributed by atoms with Crippen molar-refractivity contribution in [1.29, 1.82) is 0 Å². The molecule has 0 bridgehead atoms. The van der Waals surface area contributed by atoms with E-state index in [1.807, 2.05) is 12.1 Å². The van der Waals surface area contributed by atoms with Crippen molar-refractivity contribution in [3.05, 3.63) is 51.4 Å². The fourth-order valence-corrected chi connectivity index (χ4v) is 2.90. The van der Waals surface area contributed by atoms with Gasteiger partial charge in [-0.3, -0.25) is 9.78 Å². The molecule has 2 aromatic heterocycles. The highest BCUT2D eigenvalue weighted by Crippen LogP contribution is 2.23. The normalized spacial score (nSPS) is 10.3. The molecule has 0 aliphatic carbocycles. The molecule has 0 saturated heterocycles. The van der Waals surface area contributed by atoms with Crippen LogP contribution in [-0.4, -0.2) is 27.3 Å². The lowest BCUT2D eigenvalue weighted by molar-refractivity contribution is 0.0753. The van der Waals surface area contributed by atoms with Gasteiger partial charge in [0.2, 0.25) is 0 Å². The Hall–Kier alpha value is -1.50. The van der Waals surface area contributed by atoms with Crippen molar-refractivity contribution in [1.82, 2.24) is 9.88 Å². The molecule has 4 nitrogen and oxygen atoms in total. The van der Waals surface area contributed by atoms with Crippen LogP contribution in [0.15, 0.2) is 36.7 Å². The molecule has 1 amide bonds. The number of nitrogens with zero attached hydrogens (tertiary/aromatic N) is 2. The van der Waals surface area contributed by atoms with Gasteiger partial charge in [0.25, 0.3) is 5.91 Å². The minimum Gasteiger partial charge on any atom is -0.393 e. The molecule has 0 spiro atoms. The van der Waals surface area contributed by atoms with Gasteiger partial charge >= 0.3 is 0 Å². The first kappa shape index (κ1) is 15.9. The molecule has 2 rings (SSSR count). The highest BCUT2D eigenvalue weighted by atomic mass is 35.5. The fraction of sp³-hybridized carbons (Fsp3) is 0.214. The van der Waals surface area contributed by atoms with Crippen molar-refractivity contribution in [2.45, 2.75) is 13.0 Å². The van der Waals surface area contributed by atoms with E-state index < -0.39 is 0 Å². The molecule has 0 fully saturated rings. The van der Waals surface area contributed by atoms with E-state index in [0.717, 1.165) is 5.56 Å². The molecule has 0 radical (unpaired) electrons. The van der Waals surface area contributed by atoms with Gasteiger partial charge in [-0.2, -0.15) is 0 Å². The van der Waals surface area contributed by atoms with E-state index in [1.54, 1.807) is 29.4 Å². The average molecular weight is 340 g/mol. The number of thiocarbonyl (C=S) groups is 1. The maximum absolute atomic E-state index is 12.5. The smallest absolute Gasteiger partial charge is 0.264 e. The van der Waals surface area contributed by atoms with Crippen LogP contribution in [0.2, 0.25) is 4.34 Å². The SMILES string of the molecule is NC(=S)CCN(Cc1cccnc1)C(=O)c1ccc(Cl)s1. The molecule has 0 aliphatic heterocycles. The van der Waals surface area contributed by atoms with Gasteiger partial charge in [-0.1, -0.05) is 29.9 Å². The van der Waals surface area contributed by atoms with Crippen LogP contribution in [0.4, 0.5) is 0 Å². The van der Waals surface area contributed by atoms with Crippen molar-refractivity contribution in [2.75, 3.05) is 6.54 Å². The van der Waals surface area contributed by atoms with Gasteiger partial charge in [0.1, 0.15) is 0 Å². The van der Waals surface area contributed by atoms with Gasteiger partial charge in [0.05, 0.1) is 14.2 Å². The molecule has 0 aromatic carbocycles. The van der Waals surface area contributed by atoms with Crippen LogP contribution in [0.5, 0.6) is 0 Å². The van der Waals surface area contributed by atoms with E-state index in [-0.39, 0.29) is 5.91 Å². The molecule has 0 aliphatic rings. The van der Waals surface area contributed by atoms with E-state index in [2.05, 4.69) is 4.98 Å². The molecule has 7 heteroatoms. The van der Waals surface area contributed by atoms with Crippen LogP contribution in [-0.2, 0) is 6.54 Å². The molecule has 0 atom stereocenters. The Morgan fingerprint density at radius 3 is 2.81 bits per heavy atom. The zero-order valence-electron chi connectivity index (χ0n) is 11.2. The molecule has 110 valence electrons. The van der Waals surface area contributed by atoms with Crippen LogP contribution in [0.1, 0.15) is 21.7 Å². The van der Waals surface area contributed by atoms with E-state index in [0.29, 0.717) is 33.7 Å². The van der Waals surface area contributed by atoms with Crippen LogP contribution in [0.3, 0.4) is 0 Å². The van der Waals surface area contributed by atoms with Gasteiger partial charge < -0.3 is 10.6 Å². The predicted molar refractivity (Wildman–Crippen MR) is 89.7 cm³/mol. The minimum atomic E-state index is -0.0768. The summed E-state index contributed by atoms with van der Waals surface area (Å²) in [6.45, 7) is 0.934. The number of rotatable bonds is 6. The molecular formula is C14H14ClN3OS2. The van der Waals surface area contributed by atoms with Crippen molar-refractivity contribution < 1.29 is 4.79 Å². The molecule has 21 heavy (non-hydrogen) atoms. The highest BCUT2D eigenvalue weighted by molar-refractivity contribution is 7.80. The number of carbonyl (C=O) groups is 1. The number of aromatic nitrogens is 1. The number of halogens is 1. The summed E-state index contributed by atoms with van der Waals surface area (Å²) >= 11 is 12.1. The molecule has 0 unspecified atom stereocenters. The van der Waals surface area contributed by atoms with Gasteiger partial charge in [-0.05, 0) is 23.8 Å². The van der Waals surface area contributed by atoms with Crippen molar-refractivity contribution in [2.24, 2.45) is 5.73 Å². The summed E-state index contributed by atoms with van der Waals surface area (Å²) in [5, 5.41) is 0. The number of hydrogen-bond acceptors (Lipinski definition) is 4. The second-order valence-electron chi connectivity index (χ2n) is 4.41. The van der Waals surface area contributed by atoms with E-state index in [9.17, 15) is 4.79 Å². The van der Waals surface area contributed by atoms with E-state index in [4.69, 9.17) is 29.6 Å². The van der Waals surface area contributed by atoms with Gasteiger partial charge in [-0.25, -0.2) is 0 Å². The van der Waals surface area contributed by atoms with Crippen LogP contribution < -0.4 is 5.73 Å². The number of nitrogens with two attached hydrogens (primary N) is 1. The first-order valence-electron chi connectivity index (χ1n) is 6.28. The maximum Gasteiger partial charge on any atom is 0.264 e. The third-order valence-corrected chi connectivity index (χ3v) is 4.22. The van der Waals surface area contributed by atoms with Crippen molar-refractivity contribution in [3.8, 4) is 0 Å². The summed E-state index contributed by atoms with van der Waals surface area (Å²) in [6.07, 6.45) is 3.92. The maximum atomic E-state index is 12.5. The molecule has 0 saturated carbocycles. The Morgan fingerprint density at radius 1 is 1.43 bits per heavy atom. The Bertz CT molecular complexity index is 630. The summed E-state index contributed by atoms with van der Waals surface area (Å²) in [5.74, 6) is -0.0768. The van der Waals surface area contributed by atoms with Crippen LogP contribution in [0.25, 0.3) is 0 Å². The number of hydrogen-bond donors (Lipinski definition) is 1. The standard InChI is InChI=1S/C14H14ClN3OS2/c15-12-4-3-11(21-12)14(19)18(7-5-13(16)20)9-10-2-1-6-17-8-10/h1-4,6,8H,5,7,9H2,(H2,16,20). The molecular weight excluding hydrogens is 326 g/mol. The third kappa shape index (κ3) is 4.77. The molecule has 2 N–H and O–H groups in total. The number of thiophene rings is 1. The summed E-state index contributed by atoms with van der Waals surface area (Å²) in [4.78, 5) is 19.3. The second-order valence-corrected chi connectivity index (χ2v) is 6.65. The number of amides is 1. The lowest BCUT2D eigenvalue weighted by Crippen LogP contribution is -2.32. The van der Waals surface area contributed by atoms with E-state index >= 15 is 0 Å². The molecule has 2 heterocycles. The van der Waals surface area contributed by atoms with Crippen LogP contribution in [0, 0.1) is 0 Å². The Labute approximate surface area is 137 Å². The zero-order chi connectivity index (χ0) is 15.2. The third-order valence-electron chi connectivity index (χ3n) is 2.80. The number of pyridine rings is 1. The van der Waals surface area contributed by atoms with E-state index in [1.165, 1.54) is 11.3 Å².